The molecule has 2 saturated carbocycles. The maximum atomic E-state index is 14.2. The number of alkyl halides is 3. The van der Waals surface area contributed by atoms with Crippen molar-refractivity contribution in [3.63, 3.8) is 0 Å². The van der Waals surface area contributed by atoms with Crippen LogP contribution in [0.4, 0.5) is 17.6 Å². The lowest BCUT2D eigenvalue weighted by Crippen LogP contribution is -2.41. The van der Waals surface area contributed by atoms with Gasteiger partial charge in [-0.25, -0.2) is 8.78 Å². The number of hydrogen-bond acceptors (Lipinski definition) is 2. The molecule has 0 bridgehead atoms. The third-order valence-corrected chi connectivity index (χ3v) is 8.72. The quantitative estimate of drug-likeness (QED) is 0.191. The fourth-order valence-corrected chi connectivity index (χ4v) is 6.77. The lowest BCUT2D eigenvalue weighted by atomic mass is 9.74. The number of benzene rings is 1. The number of ether oxygens (including phenoxy) is 2. The molecule has 186 valence electrons. The Morgan fingerprint density at radius 3 is 1.91 bits per heavy atom. The van der Waals surface area contributed by atoms with Crippen LogP contribution >= 0.6 is 22.6 Å². The van der Waals surface area contributed by atoms with Gasteiger partial charge in [0.1, 0.15) is 17.2 Å². The van der Waals surface area contributed by atoms with Gasteiger partial charge in [-0.1, -0.05) is 32.6 Å². The predicted octanol–water partition coefficient (Wildman–Crippen LogP) is 8.32. The molecule has 1 aromatic carbocycles. The Morgan fingerprint density at radius 2 is 1.39 bits per heavy atom. The van der Waals surface area contributed by atoms with E-state index in [0.29, 0.717) is 17.4 Å². The van der Waals surface area contributed by atoms with E-state index in [0.717, 1.165) is 79.5 Å². The molecule has 1 saturated heterocycles. The van der Waals surface area contributed by atoms with Crippen molar-refractivity contribution in [2.45, 2.75) is 87.3 Å². The molecule has 4 rings (SSSR count). The number of rotatable bonds is 6. The second kappa shape index (κ2) is 11.1. The summed E-state index contributed by atoms with van der Waals surface area (Å²) in [6.45, 7) is 3.79. The first kappa shape index (κ1) is 25.7. The highest BCUT2D eigenvalue weighted by Crippen LogP contribution is 2.43. The van der Waals surface area contributed by atoms with Crippen LogP contribution in [0.2, 0.25) is 0 Å². The molecule has 1 aromatic rings. The topological polar surface area (TPSA) is 18.5 Å². The molecule has 2 aliphatic carbocycles. The lowest BCUT2D eigenvalue weighted by Gasteiger charge is -2.41. The highest BCUT2D eigenvalue weighted by atomic mass is 127. The van der Waals surface area contributed by atoms with Crippen LogP contribution in [-0.2, 0) is 13.4 Å². The van der Waals surface area contributed by atoms with E-state index in [-0.39, 0.29) is 18.1 Å². The summed E-state index contributed by atoms with van der Waals surface area (Å²) in [6.07, 6.45) is 10.8. The Bertz CT molecular complexity index is 752. The van der Waals surface area contributed by atoms with Gasteiger partial charge in [-0.2, -0.15) is 8.78 Å². The lowest BCUT2D eigenvalue weighted by molar-refractivity contribution is -0.236. The van der Waals surface area contributed by atoms with E-state index in [4.69, 9.17) is 9.47 Å². The SMILES string of the molecule is CCCC1CCC(C2COC(C3CCC(c4cc(F)c(C(F)(F)I)c(F)c4)CC3)OC2)CC1. The van der Waals surface area contributed by atoms with E-state index in [1.165, 1.54) is 38.5 Å². The molecular formula is C26H35F4IO2. The second-order valence-electron chi connectivity index (χ2n) is 10.3. The second-order valence-corrected chi connectivity index (χ2v) is 11.7. The van der Waals surface area contributed by atoms with Gasteiger partial charge < -0.3 is 9.47 Å². The molecule has 0 aromatic heterocycles. The molecular weight excluding hydrogens is 547 g/mol. The van der Waals surface area contributed by atoms with E-state index in [2.05, 4.69) is 6.92 Å². The number of halogens is 5. The molecule has 3 aliphatic rings. The molecule has 0 atom stereocenters. The molecule has 3 fully saturated rings. The Kier molecular flexibility index (Phi) is 8.64. The highest BCUT2D eigenvalue weighted by Gasteiger charge is 2.38. The Morgan fingerprint density at radius 1 is 0.848 bits per heavy atom. The number of hydrogen-bond donors (Lipinski definition) is 0. The van der Waals surface area contributed by atoms with Crippen LogP contribution in [0, 0.1) is 35.3 Å². The van der Waals surface area contributed by atoms with Crippen molar-refractivity contribution in [1.82, 2.24) is 0 Å². The van der Waals surface area contributed by atoms with Crippen LogP contribution in [0.25, 0.3) is 0 Å². The first-order valence-corrected chi connectivity index (χ1v) is 13.6. The summed E-state index contributed by atoms with van der Waals surface area (Å²) in [5.74, 6) is 0.00126. The van der Waals surface area contributed by atoms with Crippen LogP contribution in [0.5, 0.6) is 0 Å². The normalized spacial score (nSPS) is 33.8. The van der Waals surface area contributed by atoms with Gasteiger partial charge in [0.25, 0.3) is 0 Å². The fourth-order valence-electron chi connectivity index (χ4n) is 6.26. The van der Waals surface area contributed by atoms with E-state index < -0.39 is 21.1 Å². The van der Waals surface area contributed by atoms with Crippen LogP contribution in [0.15, 0.2) is 12.1 Å². The molecule has 1 aliphatic heterocycles. The highest BCUT2D eigenvalue weighted by molar-refractivity contribution is 14.1. The summed E-state index contributed by atoms with van der Waals surface area (Å²) in [5.41, 5.74) is -0.685. The average Bonchev–Trinajstić information content (AvgIpc) is 2.79. The molecule has 33 heavy (non-hydrogen) atoms. The minimum Gasteiger partial charge on any atom is -0.352 e. The average molecular weight is 582 g/mol. The largest absolute Gasteiger partial charge is 0.352 e. The molecule has 7 heteroatoms. The molecule has 0 N–H and O–H groups in total. The van der Waals surface area contributed by atoms with Crippen molar-refractivity contribution in [2.75, 3.05) is 13.2 Å². The minimum absolute atomic E-state index is 0.0308. The third-order valence-electron chi connectivity index (χ3n) is 8.18. The van der Waals surface area contributed by atoms with Crippen molar-refractivity contribution in [3.05, 3.63) is 34.9 Å². The van der Waals surface area contributed by atoms with Gasteiger partial charge in [-0.15, -0.1) is 0 Å². The maximum absolute atomic E-state index is 14.2. The van der Waals surface area contributed by atoms with Gasteiger partial charge in [0.15, 0.2) is 6.29 Å². The standard InChI is InChI=1S/C26H35F4IO2/c1-2-3-16-4-6-18(7-5-16)21-14-32-25(33-15-21)19-10-8-17(9-11-19)20-12-22(27)24(23(28)13-20)26(29,30)31/h12-13,16-19,21,25H,2-11,14-15H2,1H3. The van der Waals surface area contributed by atoms with Crippen LogP contribution < -0.4 is 0 Å². The first-order valence-electron chi connectivity index (χ1n) is 12.6. The first-order chi connectivity index (χ1) is 15.8. The van der Waals surface area contributed by atoms with E-state index in [1.807, 2.05) is 0 Å². The molecule has 0 spiro atoms. The maximum Gasteiger partial charge on any atom is 0.327 e. The van der Waals surface area contributed by atoms with Crippen LogP contribution in [-0.4, -0.2) is 19.5 Å². The Hall–Kier alpha value is -0.410. The van der Waals surface area contributed by atoms with E-state index >= 15 is 0 Å². The molecule has 1 heterocycles. The van der Waals surface area contributed by atoms with Gasteiger partial charge in [0.2, 0.25) is 0 Å². The van der Waals surface area contributed by atoms with Gasteiger partial charge >= 0.3 is 3.93 Å². The van der Waals surface area contributed by atoms with E-state index in [1.54, 1.807) is 0 Å². The Balaban J connectivity index is 1.25. The predicted molar refractivity (Wildman–Crippen MR) is 129 cm³/mol. The van der Waals surface area contributed by atoms with Gasteiger partial charge in [-0.05, 0) is 74.0 Å². The smallest absolute Gasteiger partial charge is 0.327 e. The summed E-state index contributed by atoms with van der Waals surface area (Å²) in [4.78, 5) is 0. The monoisotopic (exact) mass is 582 g/mol. The molecule has 2 nitrogen and oxygen atoms in total. The summed E-state index contributed by atoms with van der Waals surface area (Å²) >= 11 is 0.766. The summed E-state index contributed by atoms with van der Waals surface area (Å²) in [5, 5.41) is 0. The van der Waals surface area contributed by atoms with Crippen molar-refractivity contribution in [3.8, 4) is 0 Å². The van der Waals surface area contributed by atoms with Crippen molar-refractivity contribution < 1.29 is 27.0 Å². The zero-order chi connectivity index (χ0) is 23.6. The van der Waals surface area contributed by atoms with Crippen molar-refractivity contribution >= 4 is 22.6 Å². The van der Waals surface area contributed by atoms with E-state index in [9.17, 15) is 17.6 Å². The molecule has 0 radical (unpaired) electrons. The van der Waals surface area contributed by atoms with Gasteiger partial charge in [0, 0.05) is 34.4 Å². The van der Waals surface area contributed by atoms with Crippen molar-refractivity contribution in [2.24, 2.45) is 23.7 Å². The minimum atomic E-state index is -3.57. The molecule has 0 amide bonds. The van der Waals surface area contributed by atoms with Crippen LogP contribution in [0.1, 0.15) is 88.2 Å². The van der Waals surface area contributed by atoms with Crippen LogP contribution in [0.3, 0.4) is 0 Å². The van der Waals surface area contributed by atoms with Crippen molar-refractivity contribution in [1.29, 1.82) is 0 Å². The third kappa shape index (κ3) is 6.24. The van der Waals surface area contributed by atoms with Gasteiger partial charge in [0.05, 0.1) is 13.2 Å². The zero-order valence-corrected chi connectivity index (χ0v) is 21.5. The zero-order valence-electron chi connectivity index (χ0n) is 19.3. The fraction of sp³-hybridized carbons (Fsp3) is 0.769. The summed E-state index contributed by atoms with van der Waals surface area (Å²) in [7, 11) is 0. The summed E-state index contributed by atoms with van der Waals surface area (Å²) < 4.78 is 64.2. The van der Waals surface area contributed by atoms with Gasteiger partial charge in [-0.3, -0.25) is 0 Å². The Labute approximate surface area is 208 Å². The molecule has 0 unspecified atom stereocenters. The summed E-state index contributed by atoms with van der Waals surface area (Å²) in [6, 6.07) is 2.17.